The van der Waals surface area contributed by atoms with Crippen molar-refractivity contribution in [3.63, 3.8) is 0 Å². The number of amides is 4. The maximum atomic E-state index is 12.8. The standard InChI is InChI=1S/C30H38N4O4/c1-29(2,33-27(37)31-25(19-35)21-12-7-5-8-13-21)23-16-11-17-24(18-23)30(3,4)34-28(38)32-26(20-36)22-14-9-6-10-15-22/h5-18,25-26,35-36H,19-20H2,1-4H3,(H2,31,33,37)(H2,32,34,38)/t25-,26-/m1/s1. The Bertz CT molecular complexity index is 1110. The molecule has 0 aliphatic rings. The van der Waals surface area contributed by atoms with E-state index in [2.05, 4.69) is 21.3 Å². The topological polar surface area (TPSA) is 123 Å². The van der Waals surface area contributed by atoms with Gasteiger partial charge in [0.25, 0.3) is 0 Å². The molecule has 0 unspecified atom stereocenters. The van der Waals surface area contributed by atoms with Gasteiger partial charge in [0, 0.05) is 0 Å². The predicted octanol–water partition coefficient (Wildman–Crippen LogP) is 4.22. The van der Waals surface area contributed by atoms with Gasteiger partial charge in [-0.25, -0.2) is 9.59 Å². The third-order valence-corrected chi connectivity index (χ3v) is 6.54. The Labute approximate surface area is 224 Å². The Morgan fingerprint density at radius 3 is 1.34 bits per heavy atom. The number of aliphatic hydroxyl groups is 2. The fourth-order valence-corrected chi connectivity index (χ4v) is 4.24. The van der Waals surface area contributed by atoms with E-state index in [1.165, 1.54) is 0 Å². The summed E-state index contributed by atoms with van der Waals surface area (Å²) in [7, 11) is 0. The first-order valence-electron chi connectivity index (χ1n) is 12.7. The van der Waals surface area contributed by atoms with Crippen molar-refractivity contribution < 1.29 is 19.8 Å². The first kappa shape index (κ1) is 28.7. The Hall–Kier alpha value is -3.88. The van der Waals surface area contributed by atoms with Gasteiger partial charge in [-0.15, -0.1) is 0 Å². The zero-order valence-corrected chi connectivity index (χ0v) is 22.4. The van der Waals surface area contributed by atoms with Crippen LogP contribution in [-0.4, -0.2) is 35.5 Å². The molecule has 0 aromatic heterocycles. The molecule has 2 atom stereocenters. The number of urea groups is 2. The van der Waals surface area contributed by atoms with Gasteiger partial charge in [-0.3, -0.25) is 0 Å². The van der Waals surface area contributed by atoms with Gasteiger partial charge in [-0.05, 0) is 49.9 Å². The molecule has 3 aromatic rings. The van der Waals surface area contributed by atoms with Gasteiger partial charge >= 0.3 is 12.1 Å². The van der Waals surface area contributed by atoms with Crippen LogP contribution < -0.4 is 21.3 Å². The normalized spacial score (nSPS) is 13.2. The van der Waals surface area contributed by atoms with E-state index < -0.39 is 35.2 Å². The van der Waals surface area contributed by atoms with Crippen molar-refractivity contribution in [2.24, 2.45) is 0 Å². The van der Waals surface area contributed by atoms with Crippen LogP contribution in [0.3, 0.4) is 0 Å². The van der Waals surface area contributed by atoms with Crippen molar-refractivity contribution in [1.29, 1.82) is 0 Å². The quantitative estimate of drug-likeness (QED) is 0.241. The average Bonchev–Trinajstić information content (AvgIpc) is 2.91. The Morgan fingerprint density at radius 2 is 1.00 bits per heavy atom. The number of nitrogens with one attached hydrogen (secondary N) is 4. The third kappa shape index (κ3) is 7.57. The highest BCUT2D eigenvalue weighted by Gasteiger charge is 2.29. The van der Waals surface area contributed by atoms with Crippen molar-refractivity contribution in [3.05, 3.63) is 107 Å². The third-order valence-electron chi connectivity index (χ3n) is 6.54. The summed E-state index contributed by atoms with van der Waals surface area (Å²) in [5, 5.41) is 31.2. The van der Waals surface area contributed by atoms with Gasteiger partial charge in [-0.2, -0.15) is 0 Å². The number of carbonyl (C=O) groups excluding carboxylic acids is 2. The maximum absolute atomic E-state index is 12.8. The minimum absolute atomic E-state index is 0.226. The summed E-state index contributed by atoms with van der Waals surface area (Å²) >= 11 is 0. The monoisotopic (exact) mass is 518 g/mol. The Kier molecular flexibility index (Phi) is 9.50. The van der Waals surface area contributed by atoms with Gasteiger partial charge in [0.2, 0.25) is 0 Å². The van der Waals surface area contributed by atoms with E-state index >= 15 is 0 Å². The molecule has 0 aliphatic heterocycles. The van der Waals surface area contributed by atoms with Gasteiger partial charge < -0.3 is 31.5 Å². The highest BCUT2D eigenvalue weighted by Crippen LogP contribution is 2.27. The Balaban J connectivity index is 1.68. The predicted molar refractivity (Wildman–Crippen MR) is 148 cm³/mol. The van der Waals surface area contributed by atoms with Gasteiger partial charge in [-0.1, -0.05) is 84.9 Å². The molecule has 8 nitrogen and oxygen atoms in total. The highest BCUT2D eigenvalue weighted by molar-refractivity contribution is 5.76. The van der Waals surface area contributed by atoms with Crippen LogP contribution in [0.2, 0.25) is 0 Å². The lowest BCUT2D eigenvalue weighted by Crippen LogP contribution is -2.49. The van der Waals surface area contributed by atoms with E-state index in [1.54, 1.807) is 0 Å². The van der Waals surface area contributed by atoms with E-state index in [4.69, 9.17) is 0 Å². The van der Waals surface area contributed by atoms with Crippen LogP contribution in [-0.2, 0) is 11.1 Å². The minimum atomic E-state index is -0.746. The Morgan fingerprint density at radius 1 is 0.632 bits per heavy atom. The van der Waals surface area contributed by atoms with Crippen LogP contribution in [0.5, 0.6) is 0 Å². The second kappa shape index (κ2) is 12.6. The van der Waals surface area contributed by atoms with Crippen LogP contribution in [0.25, 0.3) is 0 Å². The summed E-state index contributed by atoms with van der Waals surface area (Å²) in [4.78, 5) is 25.7. The molecule has 3 aromatic carbocycles. The minimum Gasteiger partial charge on any atom is -0.394 e. The molecule has 0 spiro atoms. The largest absolute Gasteiger partial charge is 0.394 e. The fraction of sp³-hybridized carbons (Fsp3) is 0.333. The molecule has 6 N–H and O–H groups in total. The lowest BCUT2D eigenvalue weighted by molar-refractivity contribution is 0.208. The van der Waals surface area contributed by atoms with Crippen LogP contribution in [0.4, 0.5) is 9.59 Å². The summed E-state index contributed by atoms with van der Waals surface area (Å²) < 4.78 is 0. The maximum Gasteiger partial charge on any atom is 0.316 e. The molecular formula is C30H38N4O4. The summed E-state index contributed by atoms with van der Waals surface area (Å²) in [5.41, 5.74) is 1.82. The second-order valence-corrected chi connectivity index (χ2v) is 10.3. The second-order valence-electron chi connectivity index (χ2n) is 10.3. The van der Waals surface area contributed by atoms with Crippen molar-refractivity contribution >= 4 is 12.1 Å². The van der Waals surface area contributed by atoms with Gasteiger partial charge in [0.15, 0.2) is 0 Å². The van der Waals surface area contributed by atoms with Crippen LogP contribution in [0.15, 0.2) is 84.9 Å². The smallest absolute Gasteiger partial charge is 0.316 e. The molecule has 0 saturated heterocycles. The van der Waals surface area contributed by atoms with Crippen molar-refractivity contribution in [3.8, 4) is 0 Å². The van der Waals surface area contributed by atoms with Crippen LogP contribution >= 0.6 is 0 Å². The SMILES string of the molecule is CC(C)(NC(=O)N[C@H](CO)c1ccccc1)c1cccc(C(C)(C)NC(=O)N[C@H](CO)c2ccccc2)c1. The molecule has 8 heteroatoms. The van der Waals surface area contributed by atoms with Crippen LogP contribution in [0, 0.1) is 0 Å². The first-order chi connectivity index (χ1) is 18.1. The molecule has 0 saturated carbocycles. The van der Waals surface area contributed by atoms with E-state index in [-0.39, 0.29) is 13.2 Å². The number of rotatable bonds is 10. The van der Waals surface area contributed by atoms with Crippen molar-refractivity contribution in [1.82, 2.24) is 21.3 Å². The summed E-state index contributed by atoms with van der Waals surface area (Å²) in [6.45, 7) is 7.11. The number of hydrogen-bond acceptors (Lipinski definition) is 4. The molecule has 0 radical (unpaired) electrons. The number of aliphatic hydroxyl groups excluding tert-OH is 2. The lowest BCUT2D eigenvalue weighted by atomic mass is 9.87. The highest BCUT2D eigenvalue weighted by atomic mass is 16.3. The van der Waals surface area contributed by atoms with Gasteiger partial charge in [0.05, 0.1) is 36.4 Å². The molecule has 0 heterocycles. The first-order valence-corrected chi connectivity index (χ1v) is 12.7. The van der Waals surface area contributed by atoms with E-state index in [9.17, 15) is 19.8 Å². The van der Waals surface area contributed by atoms with Crippen molar-refractivity contribution in [2.45, 2.75) is 50.9 Å². The van der Waals surface area contributed by atoms with Crippen LogP contribution in [0.1, 0.15) is 62.0 Å². The van der Waals surface area contributed by atoms with Gasteiger partial charge in [0.1, 0.15) is 0 Å². The molecule has 38 heavy (non-hydrogen) atoms. The lowest BCUT2D eigenvalue weighted by Gasteiger charge is -2.32. The summed E-state index contributed by atoms with van der Waals surface area (Å²) in [6.07, 6.45) is 0. The number of benzene rings is 3. The van der Waals surface area contributed by atoms with E-state index in [1.807, 2.05) is 113 Å². The summed E-state index contributed by atoms with van der Waals surface area (Å²) in [6, 6.07) is 24.4. The molecular weight excluding hydrogens is 480 g/mol. The van der Waals surface area contributed by atoms with Crippen molar-refractivity contribution in [2.75, 3.05) is 13.2 Å². The molecule has 3 rings (SSSR count). The zero-order valence-electron chi connectivity index (χ0n) is 22.4. The molecule has 202 valence electrons. The molecule has 4 amide bonds. The summed E-state index contributed by atoms with van der Waals surface area (Å²) in [5.74, 6) is 0. The number of carbonyl (C=O) groups is 2. The number of hydrogen-bond donors (Lipinski definition) is 6. The average molecular weight is 519 g/mol. The molecule has 0 bridgehead atoms. The van der Waals surface area contributed by atoms with E-state index in [0.29, 0.717) is 0 Å². The van der Waals surface area contributed by atoms with E-state index in [0.717, 1.165) is 22.3 Å². The molecule has 0 fully saturated rings. The zero-order chi connectivity index (χ0) is 27.8. The molecule has 0 aliphatic carbocycles. The fourth-order valence-electron chi connectivity index (χ4n) is 4.24.